The van der Waals surface area contributed by atoms with Crippen LogP contribution in [0.15, 0.2) is 66.7 Å². The van der Waals surface area contributed by atoms with E-state index in [-0.39, 0.29) is 34.0 Å². The number of hydrogen-bond donors (Lipinski definition) is 4. The predicted octanol–water partition coefficient (Wildman–Crippen LogP) is 3.08. The van der Waals surface area contributed by atoms with Gasteiger partial charge in [0.1, 0.15) is 5.75 Å². The maximum Gasteiger partial charge on any atom is 0.328 e. The fourth-order valence-electron chi connectivity index (χ4n) is 3.60. The number of ketones is 1. The molecule has 38 heavy (non-hydrogen) atoms. The van der Waals surface area contributed by atoms with Crippen LogP contribution in [0.1, 0.15) is 43.1 Å². The smallest absolute Gasteiger partial charge is 0.328 e. The number of carboxylic acid groups (broad SMARTS) is 1. The van der Waals surface area contributed by atoms with Crippen LogP contribution in [0.2, 0.25) is 5.02 Å². The molecule has 0 spiro atoms. The molecule has 3 aromatic rings. The second kappa shape index (κ2) is 12.2. The summed E-state index contributed by atoms with van der Waals surface area (Å²) in [7, 11) is 3.69. The summed E-state index contributed by atoms with van der Waals surface area (Å²) in [6.45, 7) is 0.147. The number of carbonyl (C=O) groups is 4. The summed E-state index contributed by atoms with van der Waals surface area (Å²) >= 11 is 6.24. The van der Waals surface area contributed by atoms with Crippen LogP contribution in [0, 0.1) is 0 Å². The van der Waals surface area contributed by atoms with Crippen molar-refractivity contribution in [2.45, 2.75) is 19.0 Å². The number of hydrazine groups is 1. The molecule has 5 N–H and O–H groups in total. The Morgan fingerprint density at radius 3 is 2.21 bits per heavy atom. The maximum atomic E-state index is 13.0. The van der Waals surface area contributed by atoms with Gasteiger partial charge in [0.2, 0.25) is 0 Å². The van der Waals surface area contributed by atoms with Gasteiger partial charge in [-0.2, -0.15) is 0 Å². The first-order chi connectivity index (χ1) is 18.0. The Balaban J connectivity index is 1.70. The number of nitrogens with two attached hydrogens (primary N) is 1. The molecule has 0 heterocycles. The van der Waals surface area contributed by atoms with Gasteiger partial charge in [-0.1, -0.05) is 23.7 Å². The van der Waals surface area contributed by atoms with Crippen LogP contribution in [-0.2, 0) is 11.3 Å². The molecule has 0 saturated heterocycles. The Bertz CT molecular complexity index is 1360. The van der Waals surface area contributed by atoms with Gasteiger partial charge in [0.15, 0.2) is 11.8 Å². The van der Waals surface area contributed by atoms with Gasteiger partial charge in [-0.15, -0.1) is 0 Å². The van der Waals surface area contributed by atoms with Crippen LogP contribution in [0.25, 0.3) is 0 Å². The third-order valence-electron chi connectivity index (χ3n) is 5.77. The van der Waals surface area contributed by atoms with Crippen LogP contribution in [0.5, 0.6) is 5.75 Å². The number of nitrogens with zero attached hydrogens (tertiary/aromatic N) is 2. The van der Waals surface area contributed by atoms with E-state index in [4.69, 9.17) is 17.4 Å². The third kappa shape index (κ3) is 6.87. The lowest BCUT2D eigenvalue weighted by atomic mass is 10.0. The molecule has 0 aliphatic rings. The number of hydrogen-bond acceptors (Lipinski definition) is 7. The quantitative estimate of drug-likeness (QED) is 0.133. The van der Waals surface area contributed by atoms with E-state index in [0.717, 1.165) is 5.69 Å². The van der Waals surface area contributed by atoms with E-state index in [1.165, 1.54) is 30.3 Å². The average Bonchev–Trinajstić information content (AvgIpc) is 2.89. The normalized spacial score (nSPS) is 11.4. The summed E-state index contributed by atoms with van der Waals surface area (Å²) in [5.41, 5.74) is 1.84. The van der Waals surface area contributed by atoms with Gasteiger partial charge in [0.05, 0.1) is 10.6 Å². The molecule has 0 aliphatic heterocycles. The Hall–Kier alpha value is -4.41. The van der Waals surface area contributed by atoms with E-state index in [2.05, 4.69) is 5.32 Å². The maximum absolute atomic E-state index is 13.0. The molecule has 0 aliphatic carbocycles. The second-order valence-electron chi connectivity index (χ2n) is 8.68. The third-order valence-corrected chi connectivity index (χ3v) is 6.08. The lowest BCUT2D eigenvalue weighted by Crippen LogP contribution is -2.50. The molecule has 10 nitrogen and oxygen atoms in total. The van der Waals surface area contributed by atoms with Crippen molar-refractivity contribution in [3.63, 3.8) is 0 Å². The molecule has 0 unspecified atom stereocenters. The summed E-state index contributed by atoms with van der Waals surface area (Å²) in [6, 6.07) is 15.2. The van der Waals surface area contributed by atoms with Crippen molar-refractivity contribution in [1.82, 2.24) is 10.3 Å². The first-order valence-electron chi connectivity index (χ1n) is 11.4. The number of phenolic OH excluding ortho intramolecular Hbond substituents is 1. The minimum absolute atomic E-state index is 0.0672. The number of phenols is 1. The zero-order valence-electron chi connectivity index (χ0n) is 20.7. The molecule has 0 radical (unpaired) electrons. The van der Waals surface area contributed by atoms with Gasteiger partial charge < -0.3 is 20.4 Å². The van der Waals surface area contributed by atoms with Gasteiger partial charge in [-0.05, 0) is 60.2 Å². The van der Waals surface area contributed by atoms with Gasteiger partial charge in [0.25, 0.3) is 11.8 Å². The highest BCUT2D eigenvalue weighted by Crippen LogP contribution is 2.22. The second-order valence-corrected chi connectivity index (χ2v) is 9.09. The van der Waals surface area contributed by atoms with E-state index in [1.54, 1.807) is 36.4 Å². The largest absolute Gasteiger partial charge is 0.508 e. The van der Waals surface area contributed by atoms with E-state index < -0.39 is 36.0 Å². The standard InChI is InChI=1S/C27H27ClN4O6/c1-31(2)19-9-6-17(7-10-19)24(34)14-23(27(37)38)32(29)26(36)21-11-8-18(13-22(21)28)25(35)30-15-16-4-3-5-20(33)12-16/h3-13,23,33H,14-15,29H2,1-2H3,(H,30,35)(H,37,38)/t23-/m0/s1. The number of benzene rings is 3. The number of anilines is 1. The molecule has 0 aromatic heterocycles. The Kier molecular flexibility index (Phi) is 9.06. The first-order valence-corrected chi connectivity index (χ1v) is 11.8. The zero-order chi connectivity index (χ0) is 28.0. The van der Waals surface area contributed by atoms with Crippen LogP contribution < -0.4 is 16.1 Å². The summed E-state index contributed by atoms with van der Waals surface area (Å²) < 4.78 is 0. The number of carbonyl (C=O) groups excluding carboxylic acids is 3. The summed E-state index contributed by atoms with van der Waals surface area (Å²) in [6.07, 6.45) is -0.550. The molecule has 3 rings (SSSR count). The topological polar surface area (TPSA) is 153 Å². The molecular formula is C27H27ClN4O6. The molecule has 198 valence electrons. The number of nitrogens with one attached hydrogen (secondary N) is 1. The molecule has 1 atom stereocenters. The highest BCUT2D eigenvalue weighted by Gasteiger charge is 2.32. The first kappa shape index (κ1) is 28.2. The summed E-state index contributed by atoms with van der Waals surface area (Å²) in [5, 5.41) is 22.2. The van der Waals surface area contributed by atoms with Crippen LogP contribution in [0.4, 0.5) is 5.69 Å². The van der Waals surface area contributed by atoms with Gasteiger partial charge in [-0.3, -0.25) is 19.4 Å². The lowest BCUT2D eigenvalue weighted by molar-refractivity contribution is -0.142. The van der Waals surface area contributed by atoms with Crippen molar-refractivity contribution in [3.05, 3.63) is 94.0 Å². The average molecular weight is 539 g/mol. The Morgan fingerprint density at radius 1 is 0.974 bits per heavy atom. The molecule has 0 bridgehead atoms. The molecule has 11 heteroatoms. The van der Waals surface area contributed by atoms with Crippen molar-refractivity contribution in [2.75, 3.05) is 19.0 Å². The Morgan fingerprint density at radius 2 is 1.63 bits per heavy atom. The minimum atomic E-state index is -1.65. The molecule has 0 fully saturated rings. The highest BCUT2D eigenvalue weighted by molar-refractivity contribution is 6.34. The molecule has 3 aromatic carbocycles. The van der Waals surface area contributed by atoms with Crippen LogP contribution in [0.3, 0.4) is 0 Å². The van der Waals surface area contributed by atoms with Crippen LogP contribution in [-0.4, -0.2) is 58.9 Å². The highest BCUT2D eigenvalue weighted by atomic mass is 35.5. The van der Waals surface area contributed by atoms with E-state index in [0.29, 0.717) is 10.6 Å². The van der Waals surface area contributed by atoms with Crippen molar-refractivity contribution in [3.8, 4) is 5.75 Å². The van der Waals surface area contributed by atoms with Gasteiger partial charge in [-0.25, -0.2) is 10.6 Å². The van der Waals surface area contributed by atoms with E-state index in [9.17, 15) is 29.4 Å². The molecule has 0 saturated carbocycles. The number of Topliss-reactive ketones (excluding diaryl/α,β-unsaturated/α-hetero) is 1. The fourth-order valence-corrected chi connectivity index (χ4v) is 3.87. The predicted molar refractivity (Wildman–Crippen MR) is 142 cm³/mol. The van der Waals surface area contributed by atoms with E-state index in [1.807, 2.05) is 19.0 Å². The summed E-state index contributed by atoms with van der Waals surface area (Å²) in [4.78, 5) is 52.0. The zero-order valence-corrected chi connectivity index (χ0v) is 21.5. The number of aliphatic carboxylic acids is 1. The van der Waals surface area contributed by atoms with Crippen molar-refractivity contribution >= 4 is 40.9 Å². The van der Waals surface area contributed by atoms with Gasteiger partial charge in [0, 0.05) is 43.9 Å². The number of aromatic hydroxyl groups is 1. The summed E-state index contributed by atoms with van der Waals surface area (Å²) in [5.74, 6) is 2.56. The van der Waals surface area contributed by atoms with E-state index >= 15 is 0 Å². The van der Waals surface area contributed by atoms with Crippen molar-refractivity contribution < 1.29 is 29.4 Å². The fraction of sp³-hybridized carbons (Fsp3) is 0.185. The molecule has 2 amide bonds. The molecular weight excluding hydrogens is 512 g/mol. The van der Waals surface area contributed by atoms with Crippen LogP contribution >= 0.6 is 11.6 Å². The minimum Gasteiger partial charge on any atom is -0.508 e. The number of rotatable bonds is 10. The Labute approximate surface area is 224 Å². The van der Waals surface area contributed by atoms with Crippen molar-refractivity contribution in [2.24, 2.45) is 5.84 Å². The lowest BCUT2D eigenvalue weighted by Gasteiger charge is -2.24. The van der Waals surface area contributed by atoms with Gasteiger partial charge >= 0.3 is 5.97 Å². The van der Waals surface area contributed by atoms with Crippen molar-refractivity contribution in [1.29, 1.82) is 0 Å². The SMILES string of the molecule is CN(C)c1ccc(C(=O)C[C@@H](C(=O)O)N(N)C(=O)c2ccc(C(=O)NCc3cccc(O)c3)cc2Cl)cc1. The number of halogens is 1. The monoisotopic (exact) mass is 538 g/mol. The number of carboxylic acids is 1. The number of amides is 2.